The van der Waals surface area contributed by atoms with Crippen molar-refractivity contribution in [3.05, 3.63) is 53.8 Å². The molecule has 0 aliphatic heterocycles. The van der Waals surface area contributed by atoms with E-state index < -0.39 is 0 Å². The molecule has 0 radical (unpaired) electrons. The van der Waals surface area contributed by atoms with E-state index in [9.17, 15) is 4.79 Å². The summed E-state index contributed by atoms with van der Waals surface area (Å²) in [6.45, 7) is 0. The quantitative estimate of drug-likeness (QED) is 0.708. The van der Waals surface area contributed by atoms with Gasteiger partial charge in [-0.3, -0.25) is 9.78 Å². The van der Waals surface area contributed by atoms with E-state index >= 15 is 0 Å². The molecule has 0 atom stereocenters. The number of anilines is 1. The minimum Gasteiger partial charge on any atom is -0.324 e. The third-order valence-electron chi connectivity index (χ3n) is 3.25. The van der Waals surface area contributed by atoms with Gasteiger partial charge in [-0.15, -0.1) is 10.2 Å². The topological polar surface area (TPSA) is 72.7 Å². The van der Waals surface area contributed by atoms with E-state index in [1.807, 2.05) is 35.9 Å². The Bertz CT molecular complexity index is 853. The molecule has 8 heteroatoms. The van der Waals surface area contributed by atoms with Gasteiger partial charge in [0.25, 0.3) is 0 Å². The van der Waals surface area contributed by atoms with Gasteiger partial charge in [0.05, 0.1) is 16.5 Å². The standard InChI is InChI=1S/C16H14ClN5OS/c1-22-15(11-6-8-18-9-7-11)20-21-16(22)24-10-14(23)19-13-5-3-2-4-12(13)17/h2-9H,10H2,1H3,(H,19,23). The lowest BCUT2D eigenvalue weighted by molar-refractivity contribution is -0.113. The van der Waals surface area contributed by atoms with Crippen LogP contribution in [0, 0.1) is 0 Å². The zero-order valence-corrected chi connectivity index (χ0v) is 14.4. The highest BCUT2D eigenvalue weighted by molar-refractivity contribution is 7.99. The summed E-state index contributed by atoms with van der Waals surface area (Å²) < 4.78 is 1.85. The molecule has 1 N–H and O–H groups in total. The Hall–Kier alpha value is -2.38. The largest absolute Gasteiger partial charge is 0.324 e. The first-order valence-electron chi connectivity index (χ1n) is 7.12. The Morgan fingerprint density at radius 1 is 1.21 bits per heavy atom. The minimum atomic E-state index is -0.151. The van der Waals surface area contributed by atoms with Crippen LogP contribution >= 0.6 is 23.4 Å². The SMILES string of the molecule is Cn1c(SCC(=O)Nc2ccccc2Cl)nnc1-c1ccncc1. The van der Waals surface area contributed by atoms with Crippen LogP contribution in [0.3, 0.4) is 0 Å². The van der Waals surface area contributed by atoms with Crippen LogP contribution in [-0.2, 0) is 11.8 Å². The number of carbonyl (C=O) groups is 1. The second-order valence-electron chi connectivity index (χ2n) is 4.92. The fourth-order valence-electron chi connectivity index (χ4n) is 2.07. The molecule has 0 unspecified atom stereocenters. The van der Waals surface area contributed by atoms with Gasteiger partial charge in [-0.05, 0) is 24.3 Å². The number of pyridine rings is 1. The lowest BCUT2D eigenvalue weighted by Gasteiger charge is -2.07. The van der Waals surface area contributed by atoms with Gasteiger partial charge in [0, 0.05) is 25.0 Å². The molecular formula is C16H14ClN5OS. The lowest BCUT2D eigenvalue weighted by atomic mass is 10.2. The second-order valence-corrected chi connectivity index (χ2v) is 6.27. The maximum atomic E-state index is 12.1. The summed E-state index contributed by atoms with van der Waals surface area (Å²) >= 11 is 7.34. The summed E-state index contributed by atoms with van der Waals surface area (Å²) in [5.41, 5.74) is 1.52. The van der Waals surface area contributed by atoms with Gasteiger partial charge in [0.1, 0.15) is 0 Å². The second kappa shape index (κ2) is 7.46. The normalized spacial score (nSPS) is 10.6. The number of nitrogens with zero attached hydrogens (tertiary/aromatic N) is 4. The lowest BCUT2D eigenvalue weighted by Crippen LogP contribution is -2.14. The van der Waals surface area contributed by atoms with Crippen LogP contribution in [0.25, 0.3) is 11.4 Å². The smallest absolute Gasteiger partial charge is 0.234 e. The summed E-state index contributed by atoms with van der Waals surface area (Å²) in [6, 6.07) is 10.8. The van der Waals surface area contributed by atoms with Crippen LogP contribution in [0.2, 0.25) is 5.02 Å². The van der Waals surface area contributed by atoms with Gasteiger partial charge < -0.3 is 9.88 Å². The van der Waals surface area contributed by atoms with Crippen molar-refractivity contribution in [2.75, 3.05) is 11.1 Å². The van der Waals surface area contributed by atoms with Crippen molar-refractivity contribution in [3.8, 4) is 11.4 Å². The molecule has 0 spiro atoms. The first-order chi connectivity index (χ1) is 11.6. The first kappa shape index (κ1) is 16.5. The van der Waals surface area contributed by atoms with Crippen LogP contribution < -0.4 is 5.32 Å². The van der Waals surface area contributed by atoms with E-state index in [0.29, 0.717) is 15.9 Å². The number of hydrogen-bond acceptors (Lipinski definition) is 5. The predicted molar refractivity (Wildman–Crippen MR) is 95.0 cm³/mol. The molecule has 0 aliphatic rings. The van der Waals surface area contributed by atoms with Gasteiger partial charge >= 0.3 is 0 Å². The van der Waals surface area contributed by atoms with Crippen LogP contribution in [-0.4, -0.2) is 31.4 Å². The van der Waals surface area contributed by atoms with Gasteiger partial charge in [-0.1, -0.05) is 35.5 Å². The number of benzene rings is 1. The molecule has 1 amide bonds. The number of para-hydroxylation sites is 1. The van der Waals surface area contributed by atoms with Gasteiger partial charge in [-0.2, -0.15) is 0 Å². The van der Waals surface area contributed by atoms with Crippen molar-refractivity contribution in [1.29, 1.82) is 0 Å². The minimum absolute atomic E-state index is 0.151. The molecule has 24 heavy (non-hydrogen) atoms. The van der Waals surface area contributed by atoms with Gasteiger partial charge in [0.2, 0.25) is 5.91 Å². The highest BCUT2D eigenvalue weighted by Gasteiger charge is 2.13. The number of rotatable bonds is 5. The highest BCUT2D eigenvalue weighted by atomic mass is 35.5. The molecule has 122 valence electrons. The molecule has 3 rings (SSSR count). The van der Waals surface area contributed by atoms with E-state index in [0.717, 1.165) is 11.4 Å². The Morgan fingerprint density at radius 3 is 2.71 bits per heavy atom. The summed E-state index contributed by atoms with van der Waals surface area (Å²) in [5.74, 6) is 0.793. The number of nitrogens with one attached hydrogen (secondary N) is 1. The van der Waals surface area contributed by atoms with E-state index in [1.54, 1.807) is 24.5 Å². The maximum Gasteiger partial charge on any atom is 0.234 e. The molecule has 0 fully saturated rings. The number of carbonyl (C=O) groups excluding carboxylic acids is 1. The van der Waals surface area contributed by atoms with Crippen molar-refractivity contribution in [2.24, 2.45) is 7.05 Å². The first-order valence-corrected chi connectivity index (χ1v) is 8.48. The van der Waals surface area contributed by atoms with Crippen LogP contribution in [0.1, 0.15) is 0 Å². The molecule has 2 aromatic heterocycles. The number of halogens is 1. The van der Waals surface area contributed by atoms with Crippen LogP contribution in [0.4, 0.5) is 5.69 Å². The van der Waals surface area contributed by atoms with Gasteiger partial charge in [-0.25, -0.2) is 0 Å². The van der Waals surface area contributed by atoms with E-state index in [-0.39, 0.29) is 11.7 Å². The summed E-state index contributed by atoms with van der Waals surface area (Å²) in [4.78, 5) is 16.1. The fourth-order valence-corrected chi connectivity index (χ4v) is 2.97. The molecular weight excluding hydrogens is 346 g/mol. The maximum absolute atomic E-state index is 12.1. The Labute approximate surface area is 148 Å². The van der Waals surface area contributed by atoms with E-state index in [1.165, 1.54) is 11.8 Å². The average molecular weight is 360 g/mol. The molecule has 6 nitrogen and oxygen atoms in total. The zero-order valence-electron chi connectivity index (χ0n) is 12.8. The van der Waals surface area contributed by atoms with Crippen molar-refractivity contribution in [1.82, 2.24) is 19.7 Å². The van der Waals surface area contributed by atoms with Crippen molar-refractivity contribution < 1.29 is 4.79 Å². The Kier molecular flexibility index (Phi) is 5.12. The van der Waals surface area contributed by atoms with Crippen molar-refractivity contribution >= 4 is 35.0 Å². The Balaban J connectivity index is 1.64. The van der Waals surface area contributed by atoms with E-state index in [2.05, 4.69) is 20.5 Å². The number of amides is 1. The van der Waals surface area contributed by atoms with Gasteiger partial charge in [0.15, 0.2) is 11.0 Å². The average Bonchev–Trinajstić information content (AvgIpc) is 2.97. The third-order valence-corrected chi connectivity index (χ3v) is 4.60. The molecule has 3 aromatic rings. The van der Waals surface area contributed by atoms with Crippen LogP contribution in [0.15, 0.2) is 53.9 Å². The third kappa shape index (κ3) is 3.74. The molecule has 0 saturated carbocycles. The monoisotopic (exact) mass is 359 g/mol. The molecule has 0 aliphatic carbocycles. The summed E-state index contributed by atoms with van der Waals surface area (Å²) in [5, 5.41) is 12.3. The zero-order chi connectivity index (χ0) is 16.9. The summed E-state index contributed by atoms with van der Waals surface area (Å²) in [7, 11) is 1.87. The predicted octanol–water partition coefficient (Wildman–Crippen LogP) is 3.26. The fraction of sp³-hybridized carbons (Fsp3) is 0.125. The summed E-state index contributed by atoms with van der Waals surface area (Å²) in [6.07, 6.45) is 3.40. The molecule has 2 heterocycles. The Morgan fingerprint density at radius 2 is 1.96 bits per heavy atom. The van der Waals surface area contributed by atoms with Crippen molar-refractivity contribution in [3.63, 3.8) is 0 Å². The van der Waals surface area contributed by atoms with Crippen LogP contribution in [0.5, 0.6) is 0 Å². The number of hydrogen-bond donors (Lipinski definition) is 1. The highest BCUT2D eigenvalue weighted by Crippen LogP contribution is 2.23. The molecule has 0 bridgehead atoms. The number of thioether (sulfide) groups is 1. The van der Waals surface area contributed by atoms with Crippen molar-refractivity contribution in [2.45, 2.75) is 5.16 Å². The molecule has 0 saturated heterocycles. The number of aromatic nitrogens is 4. The molecule has 1 aromatic carbocycles. The van der Waals surface area contributed by atoms with E-state index in [4.69, 9.17) is 11.6 Å².